The minimum atomic E-state index is 0.146. The summed E-state index contributed by atoms with van der Waals surface area (Å²) in [5.74, 6) is 0. The summed E-state index contributed by atoms with van der Waals surface area (Å²) in [6, 6.07) is 6.44. The van der Waals surface area contributed by atoms with Gasteiger partial charge in [-0.3, -0.25) is 0 Å². The zero-order valence-electron chi connectivity index (χ0n) is 8.50. The van der Waals surface area contributed by atoms with Crippen LogP contribution >= 0.6 is 11.3 Å². The Morgan fingerprint density at radius 2 is 2.14 bits per heavy atom. The number of thiophene rings is 1. The van der Waals surface area contributed by atoms with Crippen molar-refractivity contribution in [3.63, 3.8) is 0 Å². The SMILES string of the molecule is CCc1cc2ccc(C)c(CO)c2s1. The highest BCUT2D eigenvalue weighted by atomic mass is 32.1. The standard InChI is InChI=1S/C12H14OS/c1-3-10-6-9-5-4-8(2)11(7-13)12(9)14-10/h4-6,13H,3,7H2,1-2H3. The number of aliphatic hydroxyl groups is 1. The summed E-state index contributed by atoms with van der Waals surface area (Å²) in [6.07, 6.45) is 1.07. The molecule has 14 heavy (non-hydrogen) atoms. The van der Waals surface area contributed by atoms with Crippen LogP contribution in [0.25, 0.3) is 10.1 Å². The molecule has 74 valence electrons. The molecule has 1 N–H and O–H groups in total. The van der Waals surface area contributed by atoms with Crippen molar-refractivity contribution < 1.29 is 5.11 Å². The van der Waals surface area contributed by atoms with Crippen LogP contribution in [0.3, 0.4) is 0 Å². The lowest BCUT2D eigenvalue weighted by molar-refractivity contribution is 0.283. The molecule has 0 aliphatic carbocycles. The molecule has 2 aromatic rings. The van der Waals surface area contributed by atoms with Crippen molar-refractivity contribution in [2.45, 2.75) is 26.9 Å². The molecular weight excluding hydrogens is 192 g/mol. The molecule has 1 aromatic carbocycles. The lowest BCUT2D eigenvalue weighted by atomic mass is 10.1. The zero-order chi connectivity index (χ0) is 10.1. The highest BCUT2D eigenvalue weighted by Crippen LogP contribution is 2.30. The Bertz CT molecular complexity index is 457. The van der Waals surface area contributed by atoms with Crippen LogP contribution in [0.4, 0.5) is 0 Å². The summed E-state index contributed by atoms with van der Waals surface area (Å²) in [4.78, 5) is 1.39. The van der Waals surface area contributed by atoms with Crippen LogP contribution in [0.15, 0.2) is 18.2 Å². The molecule has 2 heteroatoms. The highest BCUT2D eigenvalue weighted by molar-refractivity contribution is 7.19. The van der Waals surface area contributed by atoms with Crippen molar-refractivity contribution in [3.8, 4) is 0 Å². The number of rotatable bonds is 2. The number of aryl methyl sites for hydroxylation is 2. The van der Waals surface area contributed by atoms with Gasteiger partial charge in [-0.25, -0.2) is 0 Å². The van der Waals surface area contributed by atoms with Crippen molar-refractivity contribution in [2.24, 2.45) is 0 Å². The van der Waals surface area contributed by atoms with Crippen LogP contribution in [-0.2, 0) is 13.0 Å². The highest BCUT2D eigenvalue weighted by Gasteiger charge is 2.07. The first kappa shape index (κ1) is 9.69. The van der Waals surface area contributed by atoms with E-state index in [9.17, 15) is 5.11 Å². The maximum absolute atomic E-state index is 9.31. The second-order valence-corrected chi connectivity index (χ2v) is 4.64. The monoisotopic (exact) mass is 206 g/mol. The summed E-state index contributed by atoms with van der Waals surface area (Å²) in [6.45, 7) is 4.36. The van der Waals surface area contributed by atoms with Gasteiger partial charge >= 0.3 is 0 Å². The van der Waals surface area contributed by atoms with Crippen molar-refractivity contribution in [1.29, 1.82) is 0 Å². The molecule has 0 saturated carbocycles. The molecule has 0 amide bonds. The third kappa shape index (κ3) is 1.45. The molecule has 2 rings (SSSR count). The molecule has 0 unspecified atom stereocenters. The molecule has 0 fully saturated rings. The van der Waals surface area contributed by atoms with Crippen LogP contribution in [0.2, 0.25) is 0 Å². The van der Waals surface area contributed by atoms with E-state index < -0.39 is 0 Å². The van der Waals surface area contributed by atoms with E-state index in [-0.39, 0.29) is 6.61 Å². The number of benzene rings is 1. The second kappa shape index (κ2) is 3.71. The largest absolute Gasteiger partial charge is 0.392 e. The van der Waals surface area contributed by atoms with Crippen LogP contribution < -0.4 is 0 Å². The molecule has 0 aliphatic heterocycles. The van der Waals surface area contributed by atoms with Gasteiger partial charge in [-0.2, -0.15) is 0 Å². The van der Waals surface area contributed by atoms with Crippen LogP contribution in [0, 0.1) is 6.92 Å². The minimum absolute atomic E-state index is 0.146. The predicted octanol–water partition coefficient (Wildman–Crippen LogP) is 3.26. The van der Waals surface area contributed by atoms with Gasteiger partial charge in [0.15, 0.2) is 0 Å². The molecule has 0 aliphatic rings. The number of hydrogen-bond acceptors (Lipinski definition) is 2. The van der Waals surface area contributed by atoms with Crippen molar-refractivity contribution >= 4 is 21.4 Å². The molecule has 0 radical (unpaired) electrons. The summed E-state index contributed by atoms with van der Waals surface area (Å²) >= 11 is 1.80. The van der Waals surface area contributed by atoms with Gasteiger partial charge in [0.05, 0.1) is 6.61 Å². The van der Waals surface area contributed by atoms with E-state index in [0.29, 0.717) is 0 Å². The summed E-state index contributed by atoms with van der Waals surface area (Å²) in [7, 11) is 0. The van der Waals surface area contributed by atoms with Gasteiger partial charge in [0.2, 0.25) is 0 Å². The van der Waals surface area contributed by atoms with Gasteiger partial charge in [0, 0.05) is 9.58 Å². The van der Waals surface area contributed by atoms with E-state index in [2.05, 4.69) is 32.0 Å². The van der Waals surface area contributed by atoms with E-state index >= 15 is 0 Å². The predicted molar refractivity (Wildman–Crippen MR) is 61.9 cm³/mol. The fraction of sp³-hybridized carbons (Fsp3) is 0.333. The second-order valence-electron chi connectivity index (χ2n) is 3.50. The first-order valence-corrected chi connectivity index (χ1v) is 5.69. The van der Waals surface area contributed by atoms with Gasteiger partial charge in [-0.1, -0.05) is 19.1 Å². The Labute approximate surface area is 88.0 Å². The average molecular weight is 206 g/mol. The molecule has 0 saturated heterocycles. The fourth-order valence-electron chi connectivity index (χ4n) is 1.68. The summed E-state index contributed by atoms with van der Waals surface area (Å²) in [5, 5.41) is 10.6. The van der Waals surface area contributed by atoms with Gasteiger partial charge in [-0.15, -0.1) is 11.3 Å². The Morgan fingerprint density at radius 3 is 2.79 bits per heavy atom. The maximum Gasteiger partial charge on any atom is 0.0698 e. The average Bonchev–Trinajstić information content (AvgIpc) is 2.60. The maximum atomic E-state index is 9.31. The fourth-order valence-corrected chi connectivity index (χ4v) is 2.87. The van der Waals surface area contributed by atoms with Crippen LogP contribution in [0.1, 0.15) is 22.9 Å². The normalized spacial score (nSPS) is 11.1. The number of fused-ring (bicyclic) bond motifs is 1. The van der Waals surface area contributed by atoms with Crippen molar-refractivity contribution in [3.05, 3.63) is 34.2 Å². The number of hydrogen-bond donors (Lipinski definition) is 1. The van der Waals surface area contributed by atoms with E-state index in [1.54, 1.807) is 11.3 Å². The van der Waals surface area contributed by atoms with Crippen molar-refractivity contribution in [2.75, 3.05) is 0 Å². The third-order valence-corrected chi connectivity index (χ3v) is 3.94. The topological polar surface area (TPSA) is 20.2 Å². The Balaban J connectivity index is 2.73. The zero-order valence-corrected chi connectivity index (χ0v) is 9.32. The molecule has 0 spiro atoms. The third-order valence-electron chi connectivity index (χ3n) is 2.58. The molecule has 1 heterocycles. The van der Waals surface area contributed by atoms with E-state index in [1.807, 2.05) is 0 Å². The van der Waals surface area contributed by atoms with Crippen LogP contribution in [-0.4, -0.2) is 5.11 Å². The first-order valence-electron chi connectivity index (χ1n) is 4.88. The molecule has 1 aromatic heterocycles. The van der Waals surface area contributed by atoms with Gasteiger partial charge in [-0.05, 0) is 35.9 Å². The first-order chi connectivity index (χ1) is 6.76. The van der Waals surface area contributed by atoms with E-state index in [1.165, 1.54) is 20.5 Å². The smallest absolute Gasteiger partial charge is 0.0698 e. The Morgan fingerprint density at radius 1 is 1.36 bits per heavy atom. The lowest BCUT2D eigenvalue weighted by Crippen LogP contribution is -1.87. The van der Waals surface area contributed by atoms with Gasteiger partial charge < -0.3 is 5.11 Å². The summed E-state index contributed by atoms with van der Waals surface area (Å²) < 4.78 is 1.25. The minimum Gasteiger partial charge on any atom is -0.392 e. The lowest BCUT2D eigenvalue weighted by Gasteiger charge is -2.02. The Hall–Kier alpha value is -0.860. The van der Waals surface area contributed by atoms with E-state index in [4.69, 9.17) is 0 Å². The molecule has 0 bridgehead atoms. The molecular formula is C12H14OS. The van der Waals surface area contributed by atoms with Gasteiger partial charge in [0.25, 0.3) is 0 Å². The van der Waals surface area contributed by atoms with E-state index in [0.717, 1.165) is 12.0 Å². The van der Waals surface area contributed by atoms with Gasteiger partial charge in [0.1, 0.15) is 0 Å². The summed E-state index contributed by atoms with van der Waals surface area (Å²) in [5.41, 5.74) is 2.27. The molecule has 1 nitrogen and oxygen atoms in total. The quantitative estimate of drug-likeness (QED) is 0.799. The molecule has 0 atom stereocenters. The van der Waals surface area contributed by atoms with Crippen LogP contribution in [0.5, 0.6) is 0 Å². The van der Waals surface area contributed by atoms with Crippen molar-refractivity contribution in [1.82, 2.24) is 0 Å². The Kier molecular flexibility index (Phi) is 2.57. The number of aliphatic hydroxyl groups excluding tert-OH is 1.